The van der Waals surface area contributed by atoms with Crippen LogP contribution in [0.15, 0.2) is 18.3 Å². The fourth-order valence-corrected chi connectivity index (χ4v) is 4.04. The lowest BCUT2D eigenvalue weighted by atomic mass is 9.79. The summed E-state index contributed by atoms with van der Waals surface area (Å²) >= 11 is 0. The van der Waals surface area contributed by atoms with E-state index in [1.165, 1.54) is 0 Å². The molecule has 2 unspecified atom stereocenters. The van der Waals surface area contributed by atoms with Gasteiger partial charge in [0, 0.05) is 38.1 Å². The Morgan fingerprint density at radius 3 is 2.48 bits per heavy atom. The van der Waals surface area contributed by atoms with Crippen LogP contribution in [0.4, 0.5) is 0 Å². The lowest BCUT2D eigenvalue weighted by Gasteiger charge is -2.53. The Morgan fingerprint density at radius 1 is 1.28 bits per heavy atom. The molecule has 0 saturated carbocycles. The van der Waals surface area contributed by atoms with Crippen LogP contribution in [0.2, 0.25) is 0 Å². The fourth-order valence-electron chi connectivity index (χ4n) is 4.04. The van der Waals surface area contributed by atoms with Gasteiger partial charge in [-0.1, -0.05) is 0 Å². The summed E-state index contributed by atoms with van der Waals surface area (Å²) < 4.78 is 5.42. The van der Waals surface area contributed by atoms with Crippen molar-refractivity contribution in [3.63, 3.8) is 0 Å². The first-order valence-corrected chi connectivity index (χ1v) is 9.01. The largest absolute Gasteiger partial charge is 0.369 e. The van der Waals surface area contributed by atoms with Crippen molar-refractivity contribution in [3.8, 4) is 0 Å². The van der Waals surface area contributed by atoms with E-state index in [9.17, 15) is 9.59 Å². The number of aromatic nitrogens is 1. The molecule has 0 bridgehead atoms. The monoisotopic (exact) mass is 345 g/mol. The fraction of sp³-hybridized carbons (Fsp3) is 0.632. The number of hydrogen-bond acceptors (Lipinski definition) is 4. The maximum Gasteiger partial charge on any atom is 0.255 e. The zero-order chi connectivity index (χ0) is 18.1. The molecular formula is C19H27N3O3. The van der Waals surface area contributed by atoms with Gasteiger partial charge in [0.1, 0.15) is 0 Å². The van der Waals surface area contributed by atoms with Crippen LogP contribution < -0.4 is 0 Å². The number of carbonyl (C=O) groups is 2. The van der Waals surface area contributed by atoms with Crippen molar-refractivity contribution in [1.29, 1.82) is 0 Å². The van der Waals surface area contributed by atoms with Crippen LogP contribution in [0.5, 0.6) is 0 Å². The minimum atomic E-state index is -0.323. The highest BCUT2D eigenvalue weighted by Gasteiger charge is 2.52. The summed E-state index contributed by atoms with van der Waals surface area (Å²) in [7, 11) is 1.61. The van der Waals surface area contributed by atoms with Crippen LogP contribution in [0.1, 0.15) is 42.7 Å². The number of hydrogen-bond donors (Lipinski definition) is 0. The molecule has 0 radical (unpaired) electrons. The molecular weight excluding hydrogens is 318 g/mol. The lowest BCUT2D eigenvalue weighted by Crippen LogP contribution is -2.70. The molecule has 6 heteroatoms. The van der Waals surface area contributed by atoms with Crippen molar-refractivity contribution in [1.82, 2.24) is 14.8 Å². The number of β-lactam (4-membered cyclic amide) rings is 1. The van der Waals surface area contributed by atoms with Gasteiger partial charge in [0.25, 0.3) is 11.8 Å². The third kappa shape index (κ3) is 3.27. The summed E-state index contributed by atoms with van der Waals surface area (Å²) in [6.45, 7) is 7.42. The van der Waals surface area contributed by atoms with E-state index < -0.39 is 0 Å². The van der Waals surface area contributed by atoms with Crippen molar-refractivity contribution in [2.45, 2.75) is 51.8 Å². The maximum atomic E-state index is 12.6. The second-order valence-electron chi connectivity index (χ2n) is 7.30. The van der Waals surface area contributed by atoms with Crippen LogP contribution in [-0.4, -0.2) is 65.0 Å². The van der Waals surface area contributed by atoms with Gasteiger partial charge < -0.3 is 14.5 Å². The topological polar surface area (TPSA) is 62.7 Å². The summed E-state index contributed by atoms with van der Waals surface area (Å²) in [6.07, 6.45) is 3.12. The van der Waals surface area contributed by atoms with Gasteiger partial charge in [0.15, 0.2) is 6.10 Å². The molecule has 0 aromatic carbocycles. The summed E-state index contributed by atoms with van der Waals surface area (Å²) in [6, 6.07) is 4.02. The molecule has 6 nitrogen and oxygen atoms in total. The van der Waals surface area contributed by atoms with Gasteiger partial charge in [-0.25, -0.2) is 0 Å². The molecule has 1 aromatic heterocycles. The molecule has 3 heterocycles. The minimum absolute atomic E-state index is 0.0413. The van der Waals surface area contributed by atoms with Crippen LogP contribution in [0, 0.1) is 12.8 Å². The number of pyridine rings is 1. The van der Waals surface area contributed by atoms with Crippen molar-refractivity contribution in [3.05, 3.63) is 29.6 Å². The predicted molar refractivity (Wildman–Crippen MR) is 94.2 cm³/mol. The summed E-state index contributed by atoms with van der Waals surface area (Å²) in [5.41, 5.74) is 1.55. The first-order chi connectivity index (χ1) is 11.9. The maximum absolute atomic E-state index is 12.6. The number of piperidine rings is 1. The van der Waals surface area contributed by atoms with E-state index in [0.29, 0.717) is 24.6 Å². The molecule has 136 valence electrons. The number of likely N-dealkylation sites (tertiary alicyclic amines) is 2. The number of ether oxygens (including phenoxy) is 1. The van der Waals surface area contributed by atoms with Crippen LogP contribution in [0.25, 0.3) is 0 Å². The average Bonchev–Trinajstić information content (AvgIpc) is 2.60. The minimum Gasteiger partial charge on any atom is -0.369 e. The third-order valence-electron chi connectivity index (χ3n) is 5.41. The number of aryl methyl sites for hydroxylation is 1. The summed E-state index contributed by atoms with van der Waals surface area (Å²) in [5.74, 6) is 0.511. The third-order valence-corrected chi connectivity index (χ3v) is 5.41. The molecule has 3 rings (SSSR count). The SMILES string of the molecule is COC1C(=O)N(C(C)C)C1C1CCN(C(=O)c2ccc(C)nc2)CC1. The molecule has 0 aliphatic carbocycles. The van der Waals surface area contributed by atoms with Gasteiger partial charge in [0.2, 0.25) is 0 Å². The second kappa shape index (κ2) is 7.12. The lowest BCUT2D eigenvalue weighted by molar-refractivity contribution is -0.181. The first-order valence-electron chi connectivity index (χ1n) is 9.01. The first kappa shape index (κ1) is 17.9. The Hall–Kier alpha value is -1.95. The number of nitrogens with zero attached hydrogens (tertiary/aromatic N) is 3. The molecule has 2 atom stereocenters. The summed E-state index contributed by atoms with van der Waals surface area (Å²) in [5, 5.41) is 0. The number of rotatable bonds is 4. The van der Waals surface area contributed by atoms with E-state index in [1.54, 1.807) is 13.3 Å². The van der Waals surface area contributed by atoms with E-state index in [1.807, 2.05) is 42.7 Å². The Labute approximate surface area is 149 Å². The summed E-state index contributed by atoms with van der Waals surface area (Å²) in [4.78, 5) is 32.9. The van der Waals surface area contributed by atoms with E-state index in [4.69, 9.17) is 4.74 Å². The van der Waals surface area contributed by atoms with Crippen molar-refractivity contribution < 1.29 is 14.3 Å². The molecule has 2 saturated heterocycles. The molecule has 2 aliphatic heterocycles. The van der Waals surface area contributed by atoms with Crippen LogP contribution in [0.3, 0.4) is 0 Å². The number of methoxy groups -OCH3 is 1. The number of carbonyl (C=O) groups excluding carboxylic acids is 2. The van der Waals surface area contributed by atoms with Crippen molar-refractivity contribution >= 4 is 11.8 Å². The second-order valence-corrected chi connectivity index (χ2v) is 7.30. The molecule has 0 spiro atoms. The van der Waals surface area contributed by atoms with Crippen LogP contribution >= 0.6 is 0 Å². The highest BCUT2D eigenvalue weighted by molar-refractivity contribution is 5.94. The molecule has 1 aromatic rings. The van der Waals surface area contributed by atoms with Gasteiger partial charge in [-0.05, 0) is 51.7 Å². The van der Waals surface area contributed by atoms with E-state index in [2.05, 4.69) is 4.98 Å². The standard InChI is InChI=1S/C19H27N3O3/c1-12(2)22-16(17(25-4)19(22)24)14-7-9-21(10-8-14)18(23)15-6-5-13(3)20-11-15/h5-6,11-12,14,16-17H,7-10H2,1-4H3. The molecule has 25 heavy (non-hydrogen) atoms. The van der Waals surface area contributed by atoms with Gasteiger partial charge in [-0.3, -0.25) is 14.6 Å². The Balaban J connectivity index is 1.62. The van der Waals surface area contributed by atoms with Crippen molar-refractivity contribution in [2.24, 2.45) is 5.92 Å². The molecule has 2 amide bonds. The van der Waals surface area contributed by atoms with E-state index in [0.717, 1.165) is 18.5 Å². The zero-order valence-electron chi connectivity index (χ0n) is 15.4. The Kier molecular flexibility index (Phi) is 5.08. The molecule has 2 fully saturated rings. The smallest absolute Gasteiger partial charge is 0.255 e. The zero-order valence-corrected chi connectivity index (χ0v) is 15.4. The van der Waals surface area contributed by atoms with E-state index in [-0.39, 0.29) is 30.0 Å². The van der Waals surface area contributed by atoms with Crippen LogP contribution in [-0.2, 0) is 9.53 Å². The molecule has 2 aliphatic rings. The van der Waals surface area contributed by atoms with Gasteiger partial charge in [-0.2, -0.15) is 0 Å². The predicted octanol–water partition coefficient (Wildman–Crippen LogP) is 1.88. The highest BCUT2D eigenvalue weighted by atomic mass is 16.5. The van der Waals surface area contributed by atoms with Gasteiger partial charge in [-0.15, -0.1) is 0 Å². The Bertz CT molecular complexity index is 636. The normalized spacial score (nSPS) is 24.6. The van der Waals surface area contributed by atoms with Crippen molar-refractivity contribution in [2.75, 3.05) is 20.2 Å². The Morgan fingerprint density at radius 2 is 1.96 bits per heavy atom. The average molecular weight is 345 g/mol. The van der Waals surface area contributed by atoms with Gasteiger partial charge in [0.05, 0.1) is 11.6 Å². The quantitative estimate of drug-likeness (QED) is 0.782. The van der Waals surface area contributed by atoms with E-state index >= 15 is 0 Å². The highest BCUT2D eigenvalue weighted by Crippen LogP contribution is 2.36. The van der Waals surface area contributed by atoms with Gasteiger partial charge >= 0.3 is 0 Å². The molecule has 0 N–H and O–H groups in total. The number of amides is 2.